The summed E-state index contributed by atoms with van der Waals surface area (Å²) in [4.78, 5) is 14.2. The van der Waals surface area contributed by atoms with Crippen LogP contribution >= 0.6 is 24.8 Å². The van der Waals surface area contributed by atoms with Crippen molar-refractivity contribution in [3.63, 3.8) is 0 Å². The summed E-state index contributed by atoms with van der Waals surface area (Å²) in [7, 11) is 1.86. The van der Waals surface area contributed by atoms with Crippen LogP contribution in [0.15, 0.2) is 18.2 Å². The van der Waals surface area contributed by atoms with Crippen LogP contribution < -0.4 is 5.73 Å². The first kappa shape index (κ1) is 27.0. The van der Waals surface area contributed by atoms with E-state index in [0.29, 0.717) is 25.7 Å². The van der Waals surface area contributed by atoms with Gasteiger partial charge in [-0.25, -0.2) is 0 Å². The van der Waals surface area contributed by atoms with Crippen molar-refractivity contribution >= 4 is 38.6 Å². The third-order valence-corrected chi connectivity index (χ3v) is 5.91. The molecule has 3 unspecified atom stereocenters. The highest BCUT2D eigenvalue weighted by Gasteiger charge is 2.40. The molecule has 5 N–H and O–H groups in total. The molecule has 0 saturated heterocycles. The predicted octanol–water partition coefficient (Wildman–Crippen LogP) is 1.74. The molecule has 0 saturated carbocycles. The second-order valence-electron chi connectivity index (χ2n) is 7.53. The standard InChI is InChI=1S/C19H31BN2O4.2ClH/c1-2-22-12-14-11-16(24)6-5-13(14)10-15(22)7-8-19(21,18(25)26)17(20)4-3-9-23;;/h5-6,11,15,17,23-24H,2-4,7-10,12,20-21H2,1H3,(H,25,26);2*1H. The number of carboxylic acids is 1. The average molecular weight is 435 g/mol. The number of carboxylic acid groups (broad SMARTS) is 1. The number of aliphatic carboxylic acids is 1. The van der Waals surface area contributed by atoms with E-state index in [1.807, 2.05) is 20.0 Å². The number of aromatic hydroxyl groups is 1. The second kappa shape index (κ2) is 11.9. The Balaban J connectivity index is 0.00000364. The van der Waals surface area contributed by atoms with Gasteiger partial charge in [0.2, 0.25) is 0 Å². The highest BCUT2D eigenvalue weighted by molar-refractivity contribution is 6.15. The molecular formula is C19H33BCl2N2O4. The van der Waals surface area contributed by atoms with Crippen LogP contribution in [0.4, 0.5) is 0 Å². The summed E-state index contributed by atoms with van der Waals surface area (Å²) in [5.41, 5.74) is 7.38. The smallest absolute Gasteiger partial charge is 0.323 e. The number of hydrogen-bond acceptors (Lipinski definition) is 5. The van der Waals surface area contributed by atoms with Crippen molar-refractivity contribution in [1.29, 1.82) is 0 Å². The van der Waals surface area contributed by atoms with Gasteiger partial charge in [0.05, 0.1) is 0 Å². The van der Waals surface area contributed by atoms with E-state index in [9.17, 15) is 15.0 Å². The lowest BCUT2D eigenvalue weighted by molar-refractivity contribution is -0.144. The van der Waals surface area contributed by atoms with E-state index < -0.39 is 11.5 Å². The van der Waals surface area contributed by atoms with Crippen LogP contribution in [0.3, 0.4) is 0 Å². The Morgan fingerprint density at radius 1 is 1.39 bits per heavy atom. The van der Waals surface area contributed by atoms with Crippen molar-refractivity contribution in [3.8, 4) is 5.75 Å². The maximum atomic E-state index is 11.9. The fourth-order valence-electron chi connectivity index (χ4n) is 3.97. The van der Waals surface area contributed by atoms with E-state index in [2.05, 4.69) is 11.8 Å². The van der Waals surface area contributed by atoms with Gasteiger partial charge >= 0.3 is 5.97 Å². The molecule has 9 heteroatoms. The Kier molecular flexibility index (Phi) is 11.5. The van der Waals surface area contributed by atoms with Crippen molar-refractivity contribution in [2.24, 2.45) is 5.73 Å². The van der Waals surface area contributed by atoms with Gasteiger partial charge in [-0.3, -0.25) is 9.69 Å². The molecule has 0 bridgehead atoms. The fraction of sp³-hybridized carbons (Fsp3) is 0.632. The summed E-state index contributed by atoms with van der Waals surface area (Å²) in [6.45, 7) is 3.77. The van der Waals surface area contributed by atoms with Crippen molar-refractivity contribution in [1.82, 2.24) is 4.90 Å². The number of aliphatic hydroxyl groups is 1. The molecule has 1 heterocycles. The topological polar surface area (TPSA) is 107 Å². The van der Waals surface area contributed by atoms with Gasteiger partial charge in [0.25, 0.3) is 0 Å². The Hall–Kier alpha value is -0.985. The molecule has 0 amide bonds. The molecule has 2 rings (SSSR count). The third-order valence-electron chi connectivity index (χ3n) is 5.91. The zero-order valence-electron chi connectivity index (χ0n) is 16.6. The van der Waals surface area contributed by atoms with Gasteiger partial charge in [-0.05, 0) is 61.3 Å². The maximum Gasteiger partial charge on any atom is 0.323 e. The SMILES string of the molecule is BC(CCCO)C(N)(CCC1Cc2ccc(O)cc2CN1CC)C(=O)O.Cl.Cl. The summed E-state index contributed by atoms with van der Waals surface area (Å²) in [5, 5.41) is 28.4. The van der Waals surface area contributed by atoms with Crippen LogP contribution in [-0.4, -0.2) is 58.8 Å². The van der Waals surface area contributed by atoms with E-state index in [1.54, 1.807) is 6.07 Å². The number of rotatable bonds is 9. The van der Waals surface area contributed by atoms with Gasteiger partial charge in [-0.1, -0.05) is 19.4 Å². The monoisotopic (exact) mass is 434 g/mol. The van der Waals surface area contributed by atoms with Crippen LogP contribution in [0.1, 0.15) is 43.7 Å². The predicted molar refractivity (Wildman–Crippen MR) is 119 cm³/mol. The molecule has 1 aliphatic rings. The number of aliphatic hydroxyl groups excluding tert-OH is 1. The van der Waals surface area contributed by atoms with Crippen molar-refractivity contribution in [3.05, 3.63) is 29.3 Å². The molecule has 0 fully saturated rings. The molecule has 0 radical (unpaired) electrons. The van der Waals surface area contributed by atoms with E-state index in [1.165, 1.54) is 5.56 Å². The second-order valence-corrected chi connectivity index (χ2v) is 7.53. The van der Waals surface area contributed by atoms with Crippen molar-refractivity contribution in [2.45, 2.75) is 63.0 Å². The largest absolute Gasteiger partial charge is 0.508 e. The molecule has 3 atom stereocenters. The van der Waals surface area contributed by atoms with Crippen LogP contribution in [0, 0.1) is 0 Å². The minimum absolute atomic E-state index is 0. The Bertz CT molecular complexity index is 638. The van der Waals surface area contributed by atoms with Crippen LogP contribution in [-0.2, 0) is 17.8 Å². The molecule has 1 aromatic rings. The van der Waals surface area contributed by atoms with E-state index in [0.717, 1.165) is 25.1 Å². The molecule has 1 aromatic carbocycles. The zero-order chi connectivity index (χ0) is 19.3. The van der Waals surface area contributed by atoms with Gasteiger partial charge in [-0.15, -0.1) is 24.8 Å². The Morgan fingerprint density at radius 2 is 2.07 bits per heavy atom. The number of hydrogen-bond donors (Lipinski definition) is 4. The Labute approximate surface area is 180 Å². The number of benzene rings is 1. The van der Waals surface area contributed by atoms with E-state index in [-0.39, 0.29) is 49.0 Å². The van der Waals surface area contributed by atoms with E-state index in [4.69, 9.17) is 10.8 Å². The van der Waals surface area contributed by atoms with Crippen molar-refractivity contribution in [2.75, 3.05) is 13.2 Å². The van der Waals surface area contributed by atoms with Gasteiger partial charge < -0.3 is 21.1 Å². The molecule has 6 nitrogen and oxygen atoms in total. The summed E-state index contributed by atoms with van der Waals surface area (Å²) in [5.74, 6) is -0.884. The number of nitrogens with zero attached hydrogens (tertiary/aromatic N) is 1. The highest BCUT2D eigenvalue weighted by Crippen LogP contribution is 2.33. The van der Waals surface area contributed by atoms with Crippen LogP contribution in [0.2, 0.25) is 5.82 Å². The van der Waals surface area contributed by atoms with Crippen LogP contribution in [0.25, 0.3) is 0 Å². The summed E-state index contributed by atoms with van der Waals surface area (Å²) < 4.78 is 0. The quantitative estimate of drug-likeness (QED) is 0.441. The van der Waals surface area contributed by atoms with Crippen molar-refractivity contribution < 1.29 is 20.1 Å². The van der Waals surface area contributed by atoms with Crippen LogP contribution in [0.5, 0.6) is 5.75 Å². The third kappa shape index (κ3) is 6.26. The summed E-state index contributed by atoms with van der Waals surface area (Å²) in [6.07, 6.45) is 3.12. The molecule has 0 spiro atoms. The minimum Gasteiger partial charge on any atom is -0.508 e. The lowest BCUT2D eigenvalue weighted by atomic mass is 9.66. The number of phenolic OH excluding ortho intramolecular Hbond substituents is 1. The number of carbonyl (C=O) groups is 1. The minimum atomic E-state index is -1.27. The molecular weight excluding hydrogens is 402 g/mol. The Morgan fingerprint density at radius 3 is 2.64 bits per heavy atom. The first-order valence-corrected chi connectivity index (χ1v) is 9.49. The molecule has 0 aromatic heterocycles. The van der Waals surface area contributed by atoms with E-state index >= 15 is 0 Å². The number of phenols is 1. The summed E-state index contributed by atoms with van der Waals surface area (Å²) >= 11 is 0. The van der Waals surface area contributed by atoms with Gasteiger partial charge in [0, 0.05) is 19.2 Å². The lowest BCUT2D eigenvalue weighted by Gasteiger charge is -2.39. The normalized spacial score (nSPS) is 19.5. The average Bonchev–Trinajstić information content (AvgIpc) is 2.62. The first-order valence-electron chi connectivity index (χ1n) is 9.49. The van der Waals surface area contributed by atoms with Gasteiger partial charge in [-0.2, -0.15) is 0 Å². The molecule has 160 valence electrons. The van der Waals surface area contributed by atoms with Gasteiger partial charge in [0.1, 0.15) is 19.1 Å². The highest BCUT2D eigenvalue weighted by atomic mass is 35.5. The lowest BCUT2D eigenvalue weighted by Crippen LogP contribution is -2.53. The van der Waals surface area contributed by atoms with Gasteiger partial charge in [0.15, 0.2) is 0 Å². The molecule has 1 aliphatic heterocycles. The molecule has 0 aliphatic carbocycles. The number of nitrogens with two attached hydrogens (primary N) is 1. The fourth-order valence-corrected chi connectivity index (χ4v) is 3.97. The molecule has 28 heavy (non-hydrogen) atoms. The maximum absolute atomic E-state index is 11.9. The summed E-state index contributed by atoms with van der Waals surface area (Å²) in [6, 6.07) is 5.72. The number of halogens is 2. The number of likely N-dealkylation sites (N-methyl/N-ethyl adjacent to an activating group) is 1. The zero-order valence-corrected chi connectivity index (χ0v) is 18.3. The number of fused-ring (bicyclic) bond motifs is 1. The first-order chi connectivity index (χ1) is 12.3.